The fourth-order valence-corrected chi connectivity index (χ4v) is 1.61. The maximum absolute atomic E-state index is 11.8. The van der Waals surface area contributed by atoms with E-state index in [-0.39, 0.29) is 17.7 Å². The number of hydrogen-bond donors (Lipinski definition) is 3. The molecule has 0 aromatic heterocycles. The minimum atomic E-state index is -0.292. The van der Waals surface area contributed by atoms with Gasteiger partial charge in [-0.1, -0.05) is 0 Å². The maximum atomic E-state index is 11.8. The van der Waals surface area contributed by atoms with Gasteiger partial charge in [-0.05, 0) is 37.6 Å². The van der Waals surface area contributed by atoms with Crippen LogP contribution < -0.4 is 11.5 Å². The largest absolute Gasteiger partial charge is 0.404 e. The quantitative estimate of drug-likeness (QED) is 0.443. The number of carbonyl (C=O) groups is 1. The molecule has 1 aliphatic heterocycles. The summed E-state index contributed by atoms with van der Waals surface area (Å²) in [6.07, 6.45) is 3.91. The molecule has 0 aromatic carbocycles. The Kier molecular flexibility index (Phi) is 4.37. The van der Waals surface area contributed by atoms with Crippen molar-refractivity contribution < 1.29 is 9.90 Å². The first-order chi connectivity index (χ1) is 7.54. The zero-order chi connectivity index (χ0) is 12.1. The van der Waals surface area contributed by atoms with Crippen molar-refractivity contribution in [3.8, 4) is 0 Å². The second-order valence-electron chi connectivity index (χ2n) is 4.03. The number of nitrogens with two attached hydrogens (primary N) is 2. The van der Waals surface area contributed by atoms with Crippen LogP contribution in [0.5, 0.6) is 0 Å². The molecule has 5 heteroatoms. The Labute approximate surface area is 95.4 Å². The Morgan fingerprint density at radius 1 is 1.44 bits per heavy atom. The third kappa shape index (κ3) is 3.27. The van der Waals surface area contributed by atoms with Crippen molar-refractivity contribution in [1.29, 1.82) is 0 Å². The lowest BCUT2D eigenvalue weighted by Crippen LogP contribution is -2.42. The number of nitrogens with zero attached hydrogens (tertiary/aromatic N) is 1. The van der Waals surface area contributed by atoms with Gasteiger partial charge in [0.05, 0.1) is 11.8 Å². The van der Waals surface area contributed by atoms with Crippen molar-refractivity contribution in [3.05, 3.63) is 23.5 Å². The summed E-state index contributed by atoms with van der Waals surface area (Å²) in [7, 11) is 0. The number of allylic oxidation sites excluding steroid dienone is 2. The predicted molar refractivity (Wildman–Crippen MR) is 62.0 cm³/mol. The highest BCUT2D eigenvalue weighted by Crippen LogP contribution is 2.12. The molecular formula is C11H19N3O2. The molecule has 0 unspecified atom stereocenters. The molecule has 0 saturated carbocycles. The first kappa shape index (κ1) is 12.6. The molecule has 0 bridgehead atoms. The molecular weight excluding hydrogens is 206 g/mol. The van der Waals surface area contributed by atoms with Gasteiger partial charge >= 0.3 is 0 Å². The minimum Gasteiger partial charge on any atom is -0.404 e. The molecule has 90 valence electrons. The van der Waals surface area contributed by atoms with E-state index in [1.54, 1.807) is 17.9 Å². The average Bonchev–Trinajstić information content (AvgIpc) is 2.28. The second-order valence-corrected chi connectivity index (χ2v) is 4.03. The molecule has 1 fully saturated rings. The fraction of sp³-hybridized carbons (Fsp3) is 0.545. The molecule has 5 nitrogen and oxygen atoms in total. The van der Waals surface area contributed by atoms with Crippen LogP contribution in [-0.2, 0) is 4.79 Å². The van der Waals surface area contributed by atoms with Crippen LogP contribution in [0.3, 0.4) is 0 Å². The number of carbonyl (C=O) groups excluding carboxylic acids is 1. The third-order valence-corrected chi connectivity index (χ3v) is 2.64. The maximum Gasteiger partial charge on any atom is 0.269 e. The van der Waals surface area contributed by atoms with Crippen LogP contribution in [0.4, 0.5) is 0 Å². The summed E-state index contributed by atoms with van der Waals surface area (Å²) < 4.78 is 0. The number of likely N-dealkylation sites (tertiary alicyclic amines) is 1. The van der Waals surface area contributed by atoms with Gasteiger partial charge in [0, 0.05) is 13.1 Å². The lowest BCUT2D eigenvalue weighted by atomic mass is 10.1. The highest BCUT2D eigenvalue weighted by molar-refractivity contribution is 5.93. The summed E-state index contributed by atoms with van der Waals surface area (Å²) in [5, 5.41) is 9.32. The van der Waals surface area contributed by atoms with E-state index in [1.807, 2.05) is 0 Å². The van der Waals surface area contributed by atoms with Gasteiger partial charge in [0.1, 0.15) is 0 Å². The normalized spacial score (nSPS) is 20.0. The molecule has 5 N–H and O–H groups in total. The van der Waals surface area contributed by atoms with E-state index in [2.05, 4.69) is 0 Å². The average molecular weight is 225 g/mol. The van der Waals surface area contributed by atoms with E-state index < -0.39 is 0 Å². The first-order valence-electron chi connectivity index (χ1n) is 5.37. The highest BCUT2D eigenvalue weighted by Gasteiger charge is 2.22. The monoisotopic (exact) mass is 225 g/mol. The lowest BCUT2D eigenvalue weighted by molar-refractivity contribution is -0.129. The van der Waals surface area contributed by atoms with Crippen LogP contribution in [0.15, 0.2) is 23.5 Å². The Bertz CT molecular complexity index is 315. The van der Waals surface area contributed by atoms with Crippen LogP contribution in [0.25, 0.3) is 0 Å². The first-order valence-corrected chi connectivity index (χ1v) is 5.37. The van der Waals surface area contributed by atoms with E-state index in [0.29, 0.717) is 25.9 Å². The number of aliphatic hydroxyl groups is 1. The standard InChI is InChI=1S/C11H19N3O2/c1-8(7-12)6-10(13)11(16)14-4-2-9(15)3-5-14/h6-7,9,15H,2-5,12-13H2,1H3/b8-7-,10-6-. The van der Waals surface area contributed by atoms with Gasteiger partial charge in [-0.2, -0.15) is 0 Å². The van der Waals surface area contributed by atoms with E-state index in [1.165, 1.54) is 6.20 Å². The summed E-state index contributed by atoms with van der Waals surface area (Å²) >= 11 is 0. The topological polar surface area (TPSA) is 92.6 Å². The second kappa shape index (κ2) is 5.55. The molecule has 0 radical (unpaired) electrons. The zero-order valence-corrected chi connectivity index (χ0v) is 9.52. The molecule has 1 saturated heterocycles. The Hall–Kier alpha value is -1.49. The molecule has 1 heterocycles. The highest BCUT2D eigenvalue weighted by atomic mass is 16.3. The summed E-state index contributed by atoms with van der Waals surface area (Å²) in [5.41, 5.74) is 11.9. The van der Waals surface area contributed by atoms with E-state index in [9.17, 15) is 9.90 Å². The summed E-state index contributed by atoms with van der Waals surface area (Å²) in [6.45, 7) is 2.89. The van der Waals surface area contributed by atoms with Crippen LogP contribution in [0.2, 0.25) is 0 Å². The molecule has 1 aliphatic rings. The number of hydrogen-bond acceptors (Lipinski definition) is 4. The van der Waals surface area contributed by atoms with Crippen LogP contribution in [0, 0.1) is 0 Å². The summed E-state index contributed by atoms with van der Waals surface area (Å²) in [4.78, 5) is 13.5. The van der Waals surface area contributed by atoms with Crippen molar-refractivity contribution in [2.75, 3.05) is 13.1 Å². The zero-order valence-electron chi connectivity index (χ0n) is 9.52. The van der Waals surface area contributed by atoms with Gasteiger partial charge in [-0.15, -0.1) is 0 Å². The number of rotatable bonds is 2. The Morgan fingerprint density at radius 3 is 2.50 bits per heavy atom. The number of amides is 1. The van der Waals surface area contributed by atoms with Crippen molar-refractivity contribution >= 4 is 5.91 Å². The van der Waals surface area contributed by atoms with Crippen molar-refractivity contribution in [2.45, 2.75) is 25.9 Å². The summed E-state index contributed by atoms with van der Waals surface area (Å²) in [5.74, 6) is -0.187. The van der Waals surface area contributed by atoms with Gasteiger partial charge in [-0.3, -0.25) is 4.79 Å². The Morgan fingerprint density at radius 2 is 2.00 bits per heavy atom. The van der Waals surface area contributed by atoms with Crippen molar-refractivity contribution in [3.63, 3.8) is 0 Å². The molecule has 0 aromatic rings. The predicted octanol–water partition coefficient (Wildman–Crippen LogP) is -0.325. The molecule has 1 rings (SSSR count). The lowest BCUT2D eigenvalue weighted by Gasteiger charge is -2.29. The van der Waals surface area contributed by atoms with Gasteiger partial charge in [0.15, 0.2) is 0 Å². The van der Waals surface area contributed by atoms with Crippen molar-refractivity contribution in [2.24, 2.45) is 11.5 Å². The molecule has 0 atom stereocenters. The molecule has 0 spiro atoms. The smallest absolute Gasteiger partial charge is 0.269 e. The third-order valence-electron chi connectivity index (χ3n) is 2.64. The van der Waals surface area contributed by atoms with Crippen LogP contribution in [-0.4, -0.2) is 35.1 Å². The molecule has 16 heavy (non-hydrogen) atoms. The molecule has 0 aliphatic carbocycles. The summed E-state index contributed by atoms with van der Waals surface area (Å²) in [6, 6.07) is 0. The number of piperidine rings is 1. The van der Waals surface area contributed by atoms with Crippen LogP contribution in [0.1, 0.15) is 19.8 Å². The van der Waals surface area contributed by atoms with E-state index in [4.69, 9.17) is 11.5 Å². The number of aliphatic hydroxyl groups excluding tert-OH is 1. The molecule has 1 amide bonds. The van der Waals surface area contributed by atoms with E-state index in [0.717, 1.165) is 5.57 Å². The van der Waals surface area contributed by atoms with E-state index >= 15 is 0 Å². The van der Waals surface area contributed by atoms with Gasteiger partial charge in [0.2, 0.25) is 0 Å². The van der Waals surface area contributed by atoms with Gasteiger partial charge in [-0.25, -0.2) is 0 Å². The van der Waals surface area contributed by atoms with Crippen LogP contribution >= 0.6 is 0 Å². The van der Waals surface area contributed by atoms with Gasteiger partial charge < -0.3 is 21.5 Å². The van der Waals surface area contributed by atoms with Crippen molar-refractivity contribution in [1.82, 2.24) is 4.90 Å². The van der Waals surface area contributed by atoms with Gasteiger partial charge in [0.25, 0.3) is 5.91 Å². The SMILES string of the molecule is CC(=C/N)/C=C(\N)C(=O)N1CCC(O)CC1. The minimum absolute atomic E-state index is 0.187. The fourth-order valence-electron chi connectivity index (χ4n) is 1.61. The Balaban J connectivity index is 2.61.